The molecule has 8 nitrogen and oxygen atoms in total. The number of carbonyl (C=O) groups is 1. The molecule has 0 saturated carbocycles. The van der Waals surface area contributed by atoms with Crippen LogP contribution in [0.15, 0.2) is 23.2 Å². The first kappa shape index (κ1) is 21.3. The number of amides is 1. The number of nitrogens with zero attached hydrogens (tertiary/aromatic N) is 1. The van der Waals surface area contributed by atoms with Crippen molar-refractivity contribution in [3.05, 3.63) is 23.2 Å². The van der Waals surface area contributed by atoms with Crippen LogP contribution in [-0.2, 0) is 9.53 Å². The summed E-state index contributed by atoms with van der Waals surface area (Å²) in [6, 6.07) is 1.04. The highest BCUT2D eigenvalue weighted by Crippen LogP contribution is 2.18. The van der Waals surface area contributed by atoms with Crippen molar-refractivity contribution < 1.29 is 11.0 Å². The van der Waals surface area contributed by atoms with Crippen molar-refractivity contribution >= 4 is 5.91 Å². The third-order valence-electron chi connectivity index (χ3n) is 4.44. The molecule has 9 N–H and O–H groups in total. The van der Waals surface area contributed by atoms with Crippen LogP contribution in [0, 0.1) is 0 Å². The molecule has 0 aromatic rings. The third-order valence-corrected chi connectivity index (χ3v) is 4.44. The molecule has 0 aliphatic carbocycles. The van der Waals surface area contributed by atoms with Gasteiger partial charge in [0.2, 0.25) is 0 Å². The fraction of sp³-hybridized carbons (Fsp3) is 0.706. The van der Waals surface area contributed by atoms with E-state index in [1.165, 1.54) is 7.05 Å². The standard InChI is InChI=1S/C16H29N5O2.CH5N.H2/c1-11(17)10-14(16(19)22)15(18)21-6-2-12(3-7-21)20-13-4-8-23-9-5-13;1-2;/h10,12-13,20H,2-9,17-18H2,1H3,(H2,19,22);2H2,1H3;1H/b11-10-,15-14-;;. The van der Waals surface area contributed by atoms with Gasteiger partial charge in [0.25, 0.3) is 5.91 Å². The molecule has 2 fully saturated rings. The number of likely N-dealkylation sites (tertiary alicyclic amines) is 1. The summed E-state index contributed by atoms with van der Waals surface area (Å²) in [5.41, 5.74) is 22.5. The van der Waals surface area contributed by atoms with Crippen molar-refractivity contribution in [2.24, 2.45) is 22.9 Å². The van der Waals surface area contributed by atoms with Gasteiger partial charge in [0, 0.05) is 45.5 Å². The van der Waals surface area contributed by atoms with Crippen molar-refractivity contribution in [2.45, 2.75) is 44.7 Å². The maximum absolute atomic E-state index is 11.6. The highest BCUT2D eigenvalue weighted by molar-refractivity contribution is 5.95. The van der Waals surface area contributed by atoms with Crippen LogP contribution in [-0.4, -0.2) is 56.2 Å². The molecule has 2 aliphatic rings. The molecule has 25 heavy (non-hydrogen) atoms. The van der Waals surface area contributed by atoms with E-state index in [1.54, 1.807) is 13.0 Å². The Labute approximate surface area is 152 Å². The molecule has 0 atom stereocenters. The molecule has 0 aromatic heterocycles. The highest BCUT2D eigenvalue weighted by Gasteiger charge is 2.24. The van der Waals surface area contributed by atoms with Gasteiger partial charge in [0.05, 0.1) is 5.57 Å². The zero-order valence-electron chi connectivity index (χ0n) is 15.5. The van der Waals surface area contributed by atoms with E-state index in [0.29, 0.717) is 29.2 Å². The first-order chi connectivity index (χ1) is 12.0. The summed E-state index contributed by atoms with van der Waals surface area (Å²) in [7, 11) is 1.50. The topological polar surface area (TPSA) is 146 Å². The maximum atomic E-state index is 11.6. The van der Waals surface area contributed by atoms with Crippen LogP contribution in [0.4, 0.5) is 0 Å². The van der Waals surface area contributed by atoms with E-state index in [0.717, 1.165) is 52.0 Å². The van der Waals surface area contributed by atoms with Gasteiger partial charge in [0.15, 0.2) is 0 Å². The largest absolute Gasteiger partial charge is 0.402 e. The number of primary amides is 1. The average Bonchev–Trinajstić information content (AvgIpc) is 2.62. The van der Waals surface area contributed by atoms with E-state index in [1.807, 2.05) is 4.90 Å². The van der Waals surface area contributed by atoms with Gasteiger partial charge in [-0.25, -0.2) is 0 Å². The zero-order chi connectivity index (χ0) is 18.8. The fourth-order valence-electron chi connectivity index (χ4n) is 3.15. The normalized spacial score (nSPS) is 21.2. The van der Waals surface area contributed by atoms with Gasteiger partial charge in [0.1, 0.15) is 5.82 Å². The lowest BCUT2D eigenvalue weighted by Gasteiger charge is -2.37. The van der Waals surface area contributed by atoms with E-state index < -0.39 is 5.91 Å². The number of nitrogens with two attached hydrogens (primary N) is 4. The maximum Gasteiger partial charge on any atom is 0.252 e. The number of rotatable bonds is 5. The predicted molar refractivity (Wildman–Crippen MR) is 102 cm³/mol. The lowest BCUT2D eigenvalue weighted by molar-refractivity contribution is -0.114. The number of hydrogen-bond donors (Lipinski definition) is 5. The third kappa shape index (κ3) is 6.93. The van der Waals surface area contributed by atoms with Crippen molar-refractivity contribution in [1.82, 2.24) is 10.2 Å². The predicted octanol–water partition coefficient (Wildman–Crippen LogP) is -0.442. The quantitative estimate of drug-likeness (QED) is 0.331. The van der Waals surface area contributed by atoms with Crippen LogP contribution in [0.5, 0.6) is 0 Å². The molecule has 0 spiro atoms. The lowest BCUT2D eigenvalue weighted by Crippen LogP contribution is -2.48. The van der Waals surface area contributed by atoms with E-state index in [2.05, 4.69) is 11.1 Å². The van der Waals surface area contributed by atoms with Gasteiger partial charge in [-0.1, -0.05) is 0 Å². The number of ether oxygens (including phenoxy) is 1. The minimum atomic E-state index is -0.547. The Morgan fingerprint density at radius 1 is 1.08 bits per heavy atom. The Morgan fingerprint density at radius 2 is 1.60 bits per heavy atom. The van der Waals surface area contributed by atoms with Crippen LogP contribution in [0.2, 0.25) is 0 Å². The van der Waals surface area contributed by atoms with E-state index in [-0.39, 0.29) is 1.43 Å². The van der Waals surface area contributed by atoms with Gasteiger partial charge in [-0.2, -0.15) is 0 Å². The summed E-state index contributed by atoms with van der Waals surface area (Å²) in [4.78, 5) is 13.6. The zero-order valence-corrected chi connectivity index (χ0v) is 15.5. The van der Waals surface area contributed by atoms with Crippen LogP contribution >= 0.6 is 0 Å². The molecule has 2 saturated heterocycles. The monoisotopic (exact) mass is 356 g/mol. The van der Waals surface area contributed by atoms with Crippen molar-refractivity contribution in [3.63, 3.8) is 0 Å². The second-order valence-corrected chi connectivity index (χ2v) is 6.37. The summed E-state index contributed by atoms with van der Waals surface area (Å²) in [6.45, 7) is 5.01. The molecule has 0 radical (unpaired) electrons. The smallest absolute Gasteiger partial charge is 0.252 e. The number of piperidine rings is 1. The van der Waals surface area contributed by atoms with Gasteiger partial charge < -0.3 is 37.9 Å². The Hall–Kier alpha value is -1.77. The highest BCUT2D eigenvalue weighted by atomic mass is 16.5. The molecule has 2 heterocycles. The molecule has 2 rings (SSSR count). The first-order valence-corrected chi connectivity index (χ1v) is 8.87. The number of carbonyl (C=O) groups excluding carboxylic acids is 1. The van der Waals surface area contributed by atoms with Gasteiger partial charge >= 0.3 is 0 Å². The number of hydrogen-bond acceptors (Lipinski definition) is 7. The second-order valence-electron chi connectivity index (χ2n) is 6.37. The van der Waals surface area contributed by atoms with Gasteiger partial charge in [-0.05, 0) is 45.7 Å². The molecule has 1 amide bonds. The molecule has 146 valence electrons. The molecular weight excluding hydrogens is 320 g/mol. The van der Waals surface area contributed by atoms with Gasteiger partial charge in [-0.3, -0.25) is 4.79 Å². The van der Waals surface area contributed by atoms with Crippen molar-refractivity contribution in [3.8, 4) is 0 Å². The van der Waals surface area contributed by atoms with Crippen LogP contribution in [0.1, 0.15) is 34.0 Å². The molecule has 0 aromatic carbocycles. The summed E-state index contributed by atoms with van der Waals surface area (Å²) >= 11 is 0. The first-order valence-electron chi connectivity index (χ1n) is 8.87. The Bertz CT molecular complexity index is 480. The summed E-state index contributed by atoms with van der Waals surface area (Å²) < 4.78 is 5.39. The van der Waals surface area contributed by atoms with Crippen LogP contribution in [0.25, 0.3) is 0 Å². The minimum absolute atomic E-state index is 0. The SMILES string of the molecule is C/C(N)=C/C(C(N)=O)=C(\N)N1CCC(NC2CCOCC2)CC1.CN.[HH]. The molecular formula is C17H36N6O2. The van der Waals surface area contributed by atoms with Crippen molar-refractivity contribution in [2.75, 3.05) is 33.4 Å². The minimum Gasteiger partial charge on any atom is -0.402 e. The van der Waals surface area contributed by atoms with E-state index in [4.69, 9.17) is 21.9 Å². The molecule has 8 heteroatoms. The molecule has 2 aliphatic heterocycles. The number of nitrogens with one attached hydrogen (secondary N) is 1. The lowest BCUT2D eigenvalue weighted by atomic mass is 10.0. The Kier molecular flexibility index (Phi) is 9.33. The fourth-order valence-corrected chi connectivity index (χ4v) is 3.15. The van der Waals surface area contributed by atoms with Crippen LogP contribution in [0.3, 0.4) is 0 Å². The average molecular weight is 357 g/mol. The summed E-state index contributed by atoms with van der Waals surface area (Å²) in [5, 5.41) is 3.71. The molecule has 0 bridgehead atoms. The van der Waals surface area contributed by atoms with Crippen molar-refractivity contribution in [1.29, 1.82) is 0 Å². The second kappa shape index (κ2) is 11.0. The van der Waals surface area contributed by atoms with Crippen LogP contribution < -0.4 is 28.3 Å². The molecule has 0 unspecified atom stereocenters. The summed E-state index contributed by atoms with van der Waals surface area (Å²) in [6.07, 6.45) is 5.69. The van der Waals surface area contributed by atoms with E-state index in [9.17, 15) is 4.79 Å². The Morgan fingerprint density at radius 3 is 2.08 bits per heavy atom. The summed E-state index contributed by atoms with van der Waals surface area (Å²) in [5.74, 6) is -0.124. The number of allylic oxidation sites excluding steroid dienone is 1. The van der Waals surface area contributed by atoms with E-state index >= 15 is 0 Å². The van der Waals surface area contributed by atoms with Gasteiger partial charge in [-0.15, -0.1) is 0 Å². The Balaban J connectivity index is 0.00000201.